The normalized spacial score (nSPS) is 26.2. The topological polar surface area (TPSA) is 41.1 Å². The zero-order valence-corrected chi connectivity index (χ0v) is 11.1. The van der Waals surface area contributed by atoms with Crippen molar-refractivity contribution in [2.75, 3.05) is 23.4 Å². The number of thioether (sulfide) groups is 1. The van der Waals surface area contributed by atoms with Gasteiger partial charge in [0.25, 0.3) is 0 Å². The monoisotopic (exact) mass is 262 g/mol. The van der Waals surface area contributed by atoms with Crippen molar-refractivity contribution in [3.8, 4) is 0 Å². The number of fused-ring (bicyclic) bond motifs is 1. The maximum absolute atomic E-state index is 12.2. The molecule has 4 heteroatoms. The van der Waals surface area contributed by atoms with Gasteiger partial charge in [-0.05, 0) is 30.2 Å². The number of carbonyl (C=O) groups is 1. The van der Waals surface area contributed by atoms with Crippen molar-refractivity contribution in [1.29, 1.82) is 0 Å². The van der Waals surface area contributed by atoms with E-state index in [0.29, 0.717) is 6.04 Å². The lowest BCUT2D eigenvalue weighted by molar-refractivity contribution is -0.125. The van der Waals surface area contributed by atoms with Gasteiger partial charge in [0.05, 0.1) is 5.92 Å². The summed E-state index contributed by atoms with van der Waals surface area (Å²) in [5.41, 5.74) is 2.43. The maximum atomic E-state index is 12.2. The van der Waals surface area contributed by atoms with E-state index in [2.05, 4.69) is 22.8 Å². The molecule has 2 N–H and O–H groups in total. The summed E-state index contributed by atoms with van der Waals surface area (Å²) < 4.78 is 0. The fraction of sp³-hybridized carbons (Fsp3) is 0.500. The van der Waals surface area contributed by atoms with E-state index in [-0.39, 0.29) is 11.8 Å². The van der Waals surface area contributed by atoms with Crippen LogP contribution in [0, 0.1) is 5.92 Å². The quantitative estimate of drug-likeness (QED) is 0.855. The number of benzene rings is 1. The SMILES string of the molecule is O=C(NC1CCSC1)C1CNc2ccccc2C1. The highest BCUT2D eigenvalue weighted by molar-refractivity contribution is 7.99. The highest BCUT2D eigenvalue weighted by Gasteiger charge is 2.26. The number of rotatable bonds is 2. The summed E-state index contributed by atoms with van der Waals surface area (Å²) in [5, 5.41) is 6.53. The molecule has 0 spiro atoms. The lowest BCUT2D eigenvalue weighted by Gasteiger charge is -2.26. The minimum absolute atomic E-state index is 0.0745. The Kier molecular flexibility index (Phi) is 3.46. The molecule has 0 radical (unpaired) electrons. The average molecular weight is 262 g/mol. The van der Waals surface area contributed by atoms with Crippen LogP contribution in [0.1, 0.15) is 12.0 Å². The molecule has 2 atom stereocenters. The van der Waals surface area contributed by atoms with E-state index in [0.717, 1.165) is 25.1 Å². The molecule has 1 fully saturated rings. The number of anilines is 1. The Labute approximate surface area is 112 Å². The van der Waals surface area contributed by atoms with Crippen molar-refractivity contribution in [2.24, 2.45) is 5.92 Å². The molecule has 2 aliphatic heterocycles. The molecular weight excluding hydrogens is 244 g/mol. The minimum Gasteiger partial charge on any atom is -0.384 e. The van der Waals surface area contributed by atoms with Crippen molar-refractivity contribution < 1.29 is 4.79 Å². The van der Waals surface area contributed by atoms with Crippen LogP contribution in [0.25, 0.3) is 0 Å². The third-order valence-electron chi connectivity index (χ3n) is 3.67. The van der Waals surface area contributed by atoms with E-state index in [4.69, 9.17) is 0 Å². The van der Waals surface area contributed by atoms with Crippen molar-refractivity contribution in [3.05, 3.63) is 29.8 Å². The summed E-state index contributed by atoms with van der Waals surface area (Å²) >= 11 is 1.93. The van der Waals surface area contributed by atoms with Gasteiger partial charge >= 0.3 is 0 Å². The Hall–Kier alpha value is -1.16. The Balaban J connectivity index is 1.62. The fourth-order valence-electron chi connectivity index (χ4n) is 2.59. The van der Waals surface area contributed by atoms with Gasteiger partial charge in [0, 0.05) is 24.0 Å². The smallest absolute Gasteiger partial charge is 0.225 e. The number of hydrogen-bond acceptors (Lipinski definition) is 3. The first-order valence-electron chi connectivity index (χ1n) is 6.53. The second-order valence-electron chi connectivity index (χ2n) is 5.01. The molecule has 1 saturated heterocycles. The third-order valence-corrected chi connectivity index (χ3v) is 4.83. The van der Waals surface area contributed by atoms with Gasteiger partial charge in [-0.1, -0.05) is 18.2 Å². The molecule has 96 valence electrons. The van der Waals surface area contributed by atoms with Gasteiger partial charge in [0.1, 0.15) is 0 Å². The molecule has 3 nitrogen and oxygen atoms in total. The number of hydrogen-bond donors (Lipinski definition) is 2. The largest absolute Gasteiger partial charge is 0.384 e. The molecule has 3 rings (SSSR count). The maximum Gasteiger partial charge on any atom is 0.225 e. The molecule has 0 aromatic heterocycles. The van der Waals surface area contributed by atoms with E-state index in [1.54, 1.807) is 0 Å². The molecule has 2 heterocycles. The van der Waals surface area contributed by atoms with Crippen LogP contribution < -0.4 is 10.6 Å². The third kappa shape index (κ3) is 2.48. The molecule has 1 amide bonds. The highest BCUT2D eigenvalue weighted by Crippen LogP contribution is 2.25. The van der Waals surface area contributed by atoms with Crippen molar-refractivity contribution in [1.82, 2.24) is 5.32 Å². The molecule has 1 aromatic carbocycles. The number of amides is 1. The number of nitrogens with one attached hydrogen (secondary N) is 2. The van der Waals surface area contributed by atoms with E-state index < -0.39 is 0 Å². The van der Waals surface area contributed by atoms with Crippen LogP contribution in [0.15, 0.2) is 24.3 Å². The summed E-state index contributed by atoms with van der Waals surface area (Å²) in [5.74, 6) is 2.54. The number of carbonyl (C=O) groups excluding carboxylic acids is 1. The van der Waals surface area contributed by atoms with Crippen LogP contribution in [0.2, 0.25) is 0 Å². The first-order valence-corrected chi connectivity index (χ1v) is 7.68. The summed E-state index contributed by atoms with van der Waals surface area (Å²) in [7, 11) is 0. The Bertz CT molecular complexity index is 443. The van der Waals surface area contributed by atoms with Gasteiger partial charge in [-0.25, -0.2) is 0 Å². The average Bonchev–Trinajstić information content (AvgIpc) is 2.91. The van der Waals surface area contributed by atoms with E-state index in [1.165, 1.54) is 17.0 Å². The summed E-state index contributed by atoms with van der Waals surface area (Å²) in [6.45, 7) is 0.753. The predicted molar refractivity (Wildman–Crippen MR) is 76.0 cm³/mol. The van der Waals surface area contributed by atoms with Crippen LogP contribution in [0.3, 0.4) is 0 Å². The van der Waals surface area contributed by atoms with Crippen molar-refractivity contribution >= 4 is 23.4 Å². The lowest BCUT2D eigenvalue weighted by atomic mass is 9.93. The molecule has 0 saturated carbocycles. The Morgan fingerprint density at radius 1 is 1.39 bits per heavy atom. The van der Waals surface area contributed by atoms with Crippen molar-refractivity contribution in [3.63, 3.8) is 0 Å². The molecule has 2 unspecified atom stereocenters. The van der Waals surface area contributed by atoms with Gasteiger partial charge in [-0.3, -0.25) is 4.79 Å². The van der Waals surface area contributed by atoms with Crippen LogP contribution >= 0.6 is 11.8 Å². The lowest BCUT2D eigenvalue weighted by Crippen LogP contribution is -2.43. The first kappa shape index (κ1) is 11.9. The van der Waals surface area contributed by atoms with E-state index >= 15 is 0 Å². The number of para-hydroxylation sites is 1. The second-order valence-corrected chi connectivity index (χ2v) is 6.16. The Morgan fingerprint density at radius 2 is 2.28 bits per heavy atom. The molecule has 2 aliphatic rings. The van der Waals surface area contributed by atoms with Gasteiger partial charge in [0.15, 0.2) is 0 Å². The van der Waals surface area contributed by atoms with Gasteiger partial charge in [-0.15, -0.1) is 0 Å². The molecule has 0 aliphatic carbocycles. The zero-order chi connectivity index (χ0) is 12.4. The first-order chi connectivity index (χ1) is 8.83. The molecule has 18 heavy (non-hydrogen) atoms. The van der Waals surface area contributed by atoms with Crippen LogP contribution in [-0.4, -0.2) is 30.0 Å². The fourth-order valence-corrected chi connectivity index (χ4v) is 3.75. The van der Waals surface area contributed by atoms with Crippen molar-refractivity contribution in [2.45, 2.75) is 18.9 Å². The predicted octanol–water partition coefficient (Wildman–Crippen LogP) is 1.89. The van der Waals surface area contributed by atoms with Crippen LogP contribution in [-0.2, 0) is 11.2 Å². The summed E-state index contributed by atoms with van der Waals surface area (Å²) in [4.78, 5) is 12.2. The second kappa shape index (κ2) is 5.22. The highest BCUT2D eigenvalue weighted by atomic mass is 32.2. The van der Waals surface area contributed by atoms with Gasteiger partial charge < -0.3 is 10.6 Å². The van der Waals surface area contributed by atoms with E-state index in [9.17, 15) is 4.79 Å². The van der Waals surface area contributed by atoms with Gasteiger partial charge in [0.2, 0.25) is 5.91 Å². The molecule has 0 bridgehead atoms. The molecular formula is C14H18N2OS. The van der Waals surface area contributed by atoms with E-state index in [1.807, 2.05) is 23.9 Å². The van der Waals surface area contributed by atoms with Crippen LogP contribution in [0.5, 0.6) is 0 Å². The zero-order valence-electron chi connectivity index (χ0n) is 10.3. The van der Waals surface area contributed by atoms with Crippen LogP contribution in [0.4, 0.5) is 5.69 Å². The molecule has 1 aromatic rings. The standard InChI is InChI=1S/C14H18N2OS/c17-14(16-12-5-6-18-9-12)11-7-10-3-1-2-4-13(10)15-8-11/h1-4,11-12,15H,5-9H2,(H,16,17). The summed E-state index contributed by atoms with van der Waals surface area (Å²) in [6, 6.07) is 8.64. The summed E-state index contributed by atoms with van der Waals surface area (Å²) in [6.07, 6.45) is 1.97. The van der Waals surface area contributed by atoms with Gasteiger partial charge in [-0.2, -0.15) is 11.8 Å². The Morgan fingerprint density at radius 3 is 3.11 bits per heavy atom. The minimum atomic E-state index is 0.0745.